The van der Waals surface area contributed by atoms with Crippen LogP contribution in [0.2, 0.25) is 0 Å². The van der Waals surface area contributed by atoms with Crippen molar-refractivity contribution in [2.75, 3.05) is 0 Å². The number of hydrogen-bond donors (Lipinski definition) is 3. The fraction of sp³-hybridized carbons (Fsp3) is 0.250. The molecule has 0 aliphatic rings. The van der Waals surface area contributed by atoms with E-state index in [9.17, 15) is 0 Å². The Morgan fingerprint density at radius 2 is 2.27 bits per heavy atom. The highest BCUT2D eigenvalue weighted by Gasteiger charge is 2.00. The Kier molecular flexibility index (Phi) is 2.21. The molecule has 1 aromatic rings. The molecule has 11 heavy (non-hydrogen) atoms. The monoisotopic (exact) mass is 153 g/mol. The minimum atomic E-state index is -0.0155. The summed E-state index contributed by atoms with van der Waals surface area (Å²) >= 11 is 0. The van der Waals surface area contributed by atoms with E-state index in [4.69, 9.17) is 10.2 Å². The Bertz CT molecular complexity index is 263. The summed E-state index contributed by atoms with van der Waals surface area (Å²) in [5.41, 5.74) is 0.615. The Balaban J connectivity index is 2.85. The topological polar surface area (TPSA) is 56.2 Å². The fourth-order valence-corrected chi connectivity index (χ4v) is 0.817. The van der Waals surface area contributed by atoms with Crippen LogP contribution in [-0.2, 0) is 0 Å². The van der Waals surface area contributed by atoms with Gasteiger partial charge in [-0.1, -0.05) is 19.1 Å². The van der Waals surface area contributed by atoms with Crippen molar-refractivity contribution in [1.82, 2.24) is 4.98 Å². The largest absolute Gasteiger partial charge is 0.494 e. The zero-order chi connectivity index (χ0) is 8.27. The van der Waals surface area contributed by atoms with E-state index >= 15 is 0 Å². The van der Waals surface area contributed by atoms with Gasteiger partial charge in [0.25, 0.3) is 0 Å². The molecule has 0 radical (unpaired) electrons. The lowest BCUT2D eigenvalue weighted by Gasteiger charge is -1.85. The van der Waals surface area contributed by atoms with Gasteiger partial charge < -0.3 is 10.2 Å². The Labute approximate surface area is 65.0 Å². The molecule has 1 aromatic heterocycles. The molecular formula is C8H11NO2. The van der Waals surface area contributed by atoms with Gasteiger partial charge in [0.05, 0.1) is 0 Å². The zero-order valence-corrected chi connectivity index (χ0v) is 6.33. The van der Waals surface area contributed by atoms with E-state index in [1.54, 1.807) is 6.08 Å². The summed E-state index contributed by atoms with van der Waals surface area (Å²) in [5.74, 6) is -0.00884. The maximum atomic E-state index is 9.09. The van der Waals surface area contributed by atoms with Crippen LogP contribution in [0.3, 0.4) is 0 Å². The molecule has 0 saturated carbocycles. The molecule has 0 saturated heterocycles. The van der Waals surface area contributed by atoms with Gasteiger partial charge in [-0.25, -0.2) is 0 Å². The summed E-state index contributed by atoms with van der Waals surface area (Å²) in [4.78, 5) is 2.38. The van der Waals surface area contributed by atoms with Crippen LogP contribution in [0.1, 0.15) is 18.9 Å². The lowest BCUT2D eigenvalue weighted by Crippen LogP contribution is -1.65. The molecule has 0 aliphatic heterocycles. The number of aromatic amines is 1. The molecule has 0 aromatic carbocycles. The van der Waals surface area contributed by atoms with Gasteiger partial charge >= 0.3 is 0 Å². The number of rotatable bonds is 2. The molecule has 1 heterocycles. The molecule has 0 spiro atoms. The predicted octanol–water partition coefficient (Wildman–Crippen LogP) is 1.85. The first-order valence-electron chi connectivity index (χ1n) is 3.51. The van der Waals surface area contributed by atoms with E-state index in [1.165, 1.54) is 6.07 Å². The van der Waals surface area contributed by atoms with E-state index in [0.717, 1.165) is 6.42 Å². The average Bonchev–Trinajstić information content (AvgIpc) is 2.26. The normalized spacial score (nSPS) is 11.0. The standard InChI is InChI=1S/C8H11NO2/c1-2-3-4-6-5-7(10)9-8(6)11/h3-5,9-11H,2H2,1H3. The van der Waals surface area contributed by atoms with Crippen LogP contribution >= 0.6 is 0 Å². The molecule has 0 amide bonds. The first kappa shape index (κ1) is 7.72. The van der Waals surface area contributed by atoms with Gasteiger partial charge in [-0.05, 0) is 6.42 Å². The van der Waals surface area contributed by atoms with Crippen molar-refractivity contribution in [1.29, 1.82) is 0 Å². The van der Waals surface area contributed by atoms with Gasteiger partial charge in [-0.15, -0.1) is 0 Å². The summed E-state index contributed by atoms with van der Waals surface area (Å²) in [6, 6.07) is 1.47. The summed E-state index contributed by atoms with van der Waals surface area (Å²) in [6.45, 7) is 2.00. The minimum Gasteiger partial charge on any atom is -0.494 e. The van der Waals surface area contributed by atoms with Gasteiger partial charge in [0.2, 0.25) is 0 Å². The zero-order valence-electron chi connectivity index (χ0n) is 6.33. The van der Waals surface area contributed by atoms with E-state index in [0.29, 0.717) is 5.56 Å². The van der Waals surface area contributed by atoms with Crippen molar-refractivity contribution in [2.24, 2.45) is 0 Å². The van der Waals surface area contributed by atoms with Crippen molar-refractivity contribution in [2.45, 2.75) is 13.3 Å². The van der Waals surface area contributed by atoms with E-state index in [1.807, 2.05) is 13.0 Å². The van der Waals surface area contributed by atoms with Crippen molar-refractivity contribution in [3.05, 3.63) is 17.7 Å². The molecule has 0 atom stereocenters. The smallest absolute Gasteiger partial charge is 0.198 e. The highest BCUT2D eigenvalue weighted by molar-refractivity contribution is 5.56. The van der Waals surface area contributed by atoms with Crippen molar-refractivity contribution in [3.8, 4) is 11.8 Å². The summed E-state index contributed by atoms with van der Waals surface area (Å²) in [5, 5.41) is 18.0. The van der Waals surface area contributed by atoms with Crippen LogP contribution < -0.4 is 0 Å². The van der Waals surface area contributed by atoms with Crippen LogP contribution in [0.5, 0.6) is 11.8 Å². The van der Waals surface area contributed by atoms with Crippen molar-refractivity contribution < 1.29 is 10.2 Å². The number of hydrogen-bond acceptors (Lipinski definition) is 2. The first-order valence-corrected chi connectivity index (χ1v) is 3.51. The van der Waals surface area contributed by atoms with Crippen molar-refractivity contribution >= 4 is 6.08 Å². The molecule has 3 heteroatoms. The molecule has 3 N–H and O–H groups in total. The second kappa shape index (κ2) is 3.14. The number of allylic oxidation sites excluding steroid dienone is 1. The quantitative estimate of drug-likeness (QED) is 0.607. The van der Waals surface area contributed by atoms with Crippen LogP contribution in [0, 0.1) is 0 Å². The molecule has 0 bridgehead atoms. The van der Waals surface area contributed by atoms with E-state index in [2.05, 4.69) is 4.98 Å². The van der Waals surface area contributed by atoms with Crippen LogP contribution in [0.15, 0.2) is 12.1 Å². The molecule has 3 nitrogen and oxygen atoms in total. The predicted molar refractivity (Wildman–Crippen MR) is 43.4 cm³/mol. The number of aromatic hydroxyl groups is 2. The summed E-state index contributed by atoms with van der Waals surface area (Å²) in [7, 11) is 0. The van der Waals surface area contributed by atoms with E-state index in [-0.39, 0.29) is 11.8 Å². The first-order chi connectivity index (χ1) is 5.24. The number of nitrogens with one attached hydrogen (secondary N) is 1. The fourth-order valence-electron chi connectivity index (χ4n) is 0.817. The Morgan fingerprint density at radius 3 is 2.73 bits per heavy atom. The van der Waals surface area contributed by atoms with Crippen molar-refractivity contribution in [3.63, 3.8) is 0 Å². The maximum Gasteiger partial charge on any atom is 0.198 e. The molecule has 0 aliphatic carbocycles. The van der Waals surface area contributed by atoms with Gasteiger partial charge in [-0.3, -0.25) is 4.98 Å². The third kappa shape index (κ3) is 1.77. The third-order valence-electron chi connectivity index (χ3n) is 1.35. The van der Waals surface area contributed by atoms with E-state index < -0.39 is 0 Å². The number of aromatic nitrogens is 1. The average molecular weight is 153 g/mol. The molecular weight excluding hydrogens is 142 g/mol. The summed E-state index contributed by atoms with van der Waals surface area (Å²) in [6.07, 6.45) is 4.57. The molecule has 0 unspecified atom stereocenters. The lowest BCUT2D eigenvalue weighted by atomic mass is 10.3. The molecule has 1 rings (SSSR count). The van der Waals surface area contributed by atoms with Crippen LogP contribution in [-0.4, -0.2) is 15.2 Å². The van der Waals surface area contributed by atoms with Gasteiger partial charge in [-0.2, -0.15) is 0 Å². The second-order valence-electron chi connectivity index (χ2n) is 2.27. The molecule has 0 fully saturated rings. The Morgan fingerprint density at radius 1 is 1.55 bits per heavy atom. The summed E-state index contributed by atoms with van der Waals surface area (Å²) < 4.78 is 0. The third-order valence-corrected chi connectivity index (χ3v) is 1.35. The molecule has 60 valence electrons. The van der Waals surface area contributed by atoms with Crippen LogP contribution in [0.25, 0.3) is 6.08 Å². The Hall–Kier alpha value is -1.38. The highest BCUT2D eigenvalue weighted by Crippen LogP contribution is 2.22. The van der Waals surface area contributed by atoms with Gasteiger partial charge in [0.1, 0.15) is 0 Å². The number of H-pyrrole nitrogens is 1. The SMILES string of the molecule is CCC=Cc1cc(O)[nH]c1O. The second-order valence-corrected chi connectivity index (χ2v) is 2.27. The maximum absolute atomic E-state index is 9.09. The lowest BCUT2D eigenvalue weighted by molar-refractivity contribution is 0.425. The highest BCUT2D eigenvalue weighted by atomic mass is 16.3. The van der Waals surface area contributed by atoms with Gasteiger partial charge in [0, 0.05) is 11.6 Å². The minimum absolute atomic E-state index is 0.00667. The van der Waals surface area contributed by atoms with Crippen LogP contribution in [0.4, 0.5) is 0 Å². The van der Waals surface area contributed by atoms with Gasteiger partial charge in [0.15, 0.2) is 11.8 Å².